The zero-order chi connectivity index (χ0) is 22.1. The highest BCUT2D eigenvalue weighted by molar-refractivity contribution is 5.92. The third kappa shape index (κ3) is 4.27. The van der Waals surface area contributed by atoms with Gasteiger partial charge in [-0.05, 0) is 42.8 Å². The molecule has 1 atom stereocenters. The van der Waals surface area contributed by atoms with Gasteiger partial charge in [-0.1, -0.05) is 0 Å². The number of pyridine rings is 1. The molecule has 1 aliphatic heterocycles. The smallest absolute Gasteiger partial charge is 0.323 e. The third-order valence-corrected chi connectivity index (χ3v) is 5.11. The van der Waals surface area contributed by atoms with E-state index >= 15 is 0 Å². The van der Waals surface area contributed by atoms with Gasteiger partial charge in [0, 0.05) is 24.6 Å². The van der Waals surface area contributed by atoms with E-state index in [0.29, 0.717) is 16.8 Å². The maximum atomic E-state index is 14.5. The van der Waals surface area contributed by atoms with Crippen molar-refractivity contribution in [3.05, 3.63) is 65.7 Å². The first-order valence-corrected chi connectivity index (χ1v) is 9.52. The Hall–Kier alpha value is -3.69. The van der Waals surface area contributed by atoms with Crippen LogP contribution in [-0.2, 0) is 0 Å². The Balaban J connectivity index is 1.42. The summed E-state index contributed by atoms with van der Waals surface area (Å²) in [6.45, 7) is 2.04. The minimum absolute atomic E-state index is 0.111. The minimum Gasteiger partial charge on any atom is -0.396 e. The fourth-order valence-electron chi connectivity index (χ4n) is 3.35. The van der Waals surface area contributed by atoms with Crippen LogP contribution >= 0.6 is 0 Å². The lowest BCUT2D eigenvalue weighted by Crippen LogP contribution is -2.53. The quantitative estimate of drug-likeness (QED) is 0.657. The molecule has 0 radical (unpaired) electrons. The number of amides is 2. The molecule has 0 aliphatic carbocycles. The second kappa shape index (κ2) is 8.21. The number of nitrogens with zero attached hydrogens (tertiary/aromatic N) is 4. The topological polar surface area (TPSA) is 97.0 Å². The number of urea groups is 1. The first-order chi connectivity index (χ1) is 14.8. The van der Waals surface area contributed by atoms with Gasteiger partial charge in [0.2, 0.25) is 0 Å². The number of aryl methyl sites for hydroxylation is 1. The number of likely N-dealkylation sites (tertiary alicyclic amines) is 1. The highest BCUT2D eigenvalue weighted by Crippen LogP contribution is 2.32. The number of nitrogens with one attached hydrogen (secondary N) is 1. The fourth-order valence-corrected chi connectivity index (χ4v) is 3.35. The first kappa shape index (κ1) is 20.6. The van der Waals surface area contributed by atoms with Crippen LogP contribution in [0.5, 0.6) is 0 Å². The van der Waals surface area contributed by atoms with Crippen molar-refractivity contribution in [1.82, 2.24) is 19.9 Å². The van der Waals surface area contributed by atoms with Gasteiger partial charge in [0.25, 0.3) is 0 Å². The third-order valence-electron chi connectivity index (χ3n) is 5.11. The standard InChI is InChI=1S/C21H19F3N6O/c1-11-6-13(22)2-3-15(11)17-5-4-16(25)19(28-17)29-21(31)30-9-12(10-30)18(24)20-26-7-14(23)8-27-20/h2-8,12,18H,9-10,25H2,1H3,(H,28,29,31). The maximum Gasteiger partial charge on any atom is 0.323 e. The van der Waals surface area contributed by atoms with Crippen molar-refractivity contribution in [2.24, 2.45) is 5.92 Å². The molecule has 0 spiro atoms. The Morgan fingerprint density at radius 2 is 1.87 bits per heavy atom. The molecule has 1 aromatic carbocycles. The Labute approximate surface area is 176 Å². The molecule has 1 saturated heterocycles. The number of hydrogen-bond donors (Lipinski definition) is 2. The second-order valence-corrected chi connectivity index (χ2v) is 7.35. The van der Waals surface area contributed by atoms with Gasteiger partial charge < -0.3 is 10.6 Å². The van der Waals surface area contributed by atoms with Crippen LogP contribution in [0.1, 0.15) is 17.6 Å². The molecule has 31 heavy (non-hydrogen) atoms. The monoisotopic (exact) mass is 428 g/mol. The molecule has 3 heterocycles. The van der Waals surface area contributed by atoms with Crippen molar-refractivity contribution in [2.75, 3.05) is 24.1 Å². The van der Waals surface area contributed by atoms with Gasteiger partial charge in [-0.15, -0.1) is 0 Å². The molecular formula is C21H19F3N6O. The van der Waals surface area contributed by atoms with Crippen LogP contribution in [0, 0.1) is 24.5 Å². The van der Waals surface area contributed by atoms with Crippen LogP contribution in [0.3, 0.4) is 0 Å². The van der Waals surface area contributed by atoms with Crippen molar-refractivity contribution >= 4 is 17.5 Å². The first-order valence-electron chi connectivity index (χ1n) is 9.52. The van der Waals surface area contributed by atoms with E-state index in [0.717, 1.165) is 12.4 Å². The van der Waals surface area contributed by atoms with Crippen LogP contribution in [0.15, 0.2) is 42.7 Å². The number of halogens is 3. The van der Waals surface area contributed by atoms with Gasteiger partial charge in [0.05, 0.1) is 23.8 Å². The fraction of sp³-hybridized carbons (Fsp3) is 0.238. The average molecular weight is 428 g/mol. The van der Waals surface area contributed by atoms with Crippen LogP contribution < -0.4 is 11.1 Å². The summed E-state index contributed by atoms with van der Waals surface area (Å²) in [6, 6.07) is 7.13. The van der Waals surface area contributed by atoms with Crippen LogP contribution in [0.4, 0.5) is 29.5 Å². The van der Waals surface area contributed by atoms with Crippen LogP contribution in [0.25, 0.3) is 11.3 Å². The summed E-state index contributed by atoms with van der Waals surface area (Å²) in [7, 11) is 0. The van der Waals surface area contributed by atoms with E-state index in [2.05, 4.69) is 20.3 Å². The lowest BCUT2D eigenvalue weighted by molar-refractivity contribution is 0.0652. The summed E-state index contributed by atoms with van der Waals surface area (Å²) in [5.74, 6) is -1.44. The zero-order valence-corrected chi connectivity index (χ0v) is 16.5. The van der Waals surface area contributed by atoms with E-state index in [-0.39, 0.29) is 36.2 Å². The molecular weight excluding hydrogens is 409 g/mol. The van der Waals surface area contributed by atoms with Crippen LogP contribution in [0.2, 0.25) is 0 Å². The second-order valence-electron chi connectivity index (χ2n) is 7.35. The van der Waals surface area contributed by atoms with Crippen molar-refractivity contribution in [3.63, 3.8) is 0 Å². The molecule has 2 aromatic heterocycles. The van der Waals surface area contributed by atoms with Gasteiger partial charge in [-0.2, -0.15) is 0 Å². The number of nitrogens with two attached hydrogens (primary N) is 1. The molecule has 4 rings (SSSR count). The zero-order valence-electron chi connectivity index (χ0n) is 16.5. The largest absolute Gasteiger partial charge is 0.396 e. The lowest BCUT2D eigenvalue weighted by atomic mass is 9.94. The summed E-state index contributed by atoms with van der Waals surface area (Å²) >= 11 is 0. The predicted molar refractivity (Wildman–Crippen MR) is 109 cm³/mol. The molecule has 1 fully saturated rings. The number of rotatable bonds is 4. The van der Waals surface area contributed by atoms with Gasteiger partial charge in [0.1, 0.15) is 5.82 Å². The average Bonchev–Trinajstić information content (AvgIpc) is 2.69. The number of carbonyl (C=O) groups is 1. The van der Waals surface area contributed by atoms with E-state index in [1.165, 1.54) is 17.0 Å². The van der Waals surface area contributed by atoms with Gasteiger partial charge in [-0.25, -0.2) is 32.9 Å². The summed E-state index contributed by atoms with van der Waals surface area (Å²) in [4.78, 5) is 25.6. The van der Waals surface area contributed by atoms with E-state index in [4.69, 9.17) is 5.73 Å². The Morgan fingerprint density at radius 3 is 2.55 bits per heavy atom. The normalized spacial score (nSPS) is 14.8. The highest BCUT2D eigenvalue weighted by Gasteiger charge is 2.38. The van der Waals surface area contributed by atoms with Crippen LogP contribution in [-0.4, -0.2) is 39.0 Å². The molecule has 0 saturated carbocycles. The van der Waals surface area contributed by atoms with Crippen molar-refractivity contribution in [3.8, 4) is 11.3 Å². The number of alkyl halides is 1. The summed E-state index contributed by atoms with van der Waals surface area (Å²) in [5.41, 5.74) is 8.13. The van der Waals surface area contributed by atoms with Crippen molar-refractivity contribution < 1.29 is 18.0 Å². The molecule has 1 aliphatic rings. The molecule has 0 bridgehead atoms. The summed E-state index contributed by atoms with van der Waals surface area (Å²) in [5, 5.41) is 2.63. The Bertz CT molecular complexity index is 1120. The number of carbonyl (C=O) groups excluding carboxylic acids is 1. The number of hydrogen-bond acceptors (Lipinski definition) is 5. The molecule has 160 valence electrons. The predicted octanol–water partition coefficient (Wildman–Crippen LogP) is 3.88. The SMILES string of the molecule is Cc1cc(F)ccc1-c1ccc(N)c(NC(=O)N2CC(C(F)c3ncc(F)cn3)C2)n1. The number of anilines is 2. The van der Waals surface area contributed by atoms with Crippen molar-refractivity contribution in [2.45, 2.75) is 13.1 Å². The van der Waals surface area contributed by atoms with E-state index in [1.54, 1.807) is 25.1 Å². The summed E-state index contributed by atoms with van der Waals surface area (Å²) < 4.78 is 40.7. The van der Waals surface area contributed by atoms with E-state index in [9.17, 15) is 18.0 Å². The Kier molecular flexibility index (Phi) is 5.45. The molecule has 7 nitrogen and oxygen atoms in total. The number of nitrogen functional groups attached to an aromatic ring is 1. The van der Waals surface area contributed by atoms with Gasteiger partial charge in [0.15, 0.2) is 23.6 Å². The number of aromatic nitrogens is 3. The van der Waals surface area contributed by atoms with E-state index < -0.39 is 23.9 Å². The van der Waals surface area contributed by atoms with Crippen molar-refractivity contribution in [1.29, 1.82) is 0 Å². The van der Waals surface area contributed by atoms with Gasteiger partial charge >= 0.3 is 6.03 Å². The Morgan fingerprint density at radius 1 is 1.16 bits per heavy atom. The maximum absolute atomic E-state index is 14.5. The molecule has 3 N–H and O–H groups in total. The molecule has 1 unspecified atom stereocenters. The minimum atomic E-state index is -1.50. The summed E-state index contributed by atoms with van der Waals surface area (Å²) in [6.07, 6.45) is 0.308. The molecule has 2 amide bonds. The van der Waals surface area contributed by atoms with E-state index in [1.807, 2.05) is 0 Å². The lowest BCUT2D eigenvalue weighted by Gasteiger charge is -2.40. The highest BCUT2D eigenvalue weighted by atomic mass is 19.1. The molecule has 10 heteroatoms. The molecule has 3 aromatic rings. The number of benzene rings is 1. The van der Waals surface area contributed by atoms with Gasteiger partial charge in [-0.3, -0.25) is 5.32 Å².